The molecule has 0 radical (unpaired) electrons. The van der Waals surface area contributed by atoms with Gasteiger partial charge in [-0.2, -0.15) is 0 Å². The molecule has 1 aliphatic rings. The van der Waals surface area contributed by atoms with Crippen molar-refractivity contribution >= 4 is 0 Å². The molecule has 0 spiro atoms. The van der Waals surface area contributed by atoms with Gasteiger partial charge >= 0.3 is 0 Å². The van der Waals surface area contributed by atoms with Crippen LogP contribution in [0.1, 0.15) is 44.9 Å². The third-order valence-electron chi connectivity index (χ3n) is 2.89. The van der Waals surface area contributed by atoms with E-state index in [1.165, 1.54) is 38.5 Å². The maximum absolute atomic E-state index is 5.15. The van der Waals surface area contributed by atoms with Crippen molar-refractivity contribution in [1.29, 1.82) is 0 Å². The number of rotatable bonds is 6. The lowest BCUT2D eigenvalue weighted by molar-refractivity contribution is 0.472. The zero-order valence-electron chi connectivity index (χ0n) is 8.52. The van der Waals surface area contributed by atoms with Gasteiger partial charge in [0.15, 0.2) is 0 Å². The van der Waals surface area contributed by atoms with Crippen LogP contribution in [0.2, 0.25) is 0 Å². The molecule has 0 aromatic rings. The maximum Gasteiger partial charge on any atom is 0.0211 e. The first kappa shape index (κ1) is 10.6. The minimum atomic E-state index is 0.865. The lowest BCUT2D eigenvalue weighted by Crippen LogP contribution is -2.16. The Morgan fingerprint density at radius 3 is 2.69 bits per heavy atom. The molecular formula is C12H21N. The highest BCUT2D eigenvalue weighted by molar-refractivity contribution is 4.83. The number of nitrogens with one attached hydrogen (secondary N) is 1. The molecule has 1 rings (SSSR count). The lowest BCUT2D eigenvalue weighted by Gasteiger charge is -2.08. The molecule has 0 saturated heterocycles. The molecule has 1 N–H and O–H groups in total. The van der Waals surface area contributed by atoms with Gasteiger partial charge in [0, 0.05) is 13.0 Å². The molecule has 1 aliphatic carbocycles. The molecule has 0 unspecified atom stereocenters. The molecular weight excluding hydrogens is 158 g/mol. The van der Waals surface area contributed by atoms with Gasteiger partial charge in [-0.25, -0.2) is 0 Å². The average Bonchev–Trinajstić information content (AvgIpc) is 2.63. The van der Waals surface area contributed by atoms with Crippen LogP contribution in [0.5, 0.6) is 0 Å². The molecule has 1 fully saturated rings. The summed E-state index contributed by atoms with van der Waals surface area (Å²) in [6.07, 6.45) is 14.7. The molecule has 0 aliphatic heterocycles. The second-order valence-electron chi connectivity index (χ2n) is 4.00. The van der Waals surface area contributed by atoms with E-state index in [1.54, 1.807) is 0 Å². The van der Waals surface area contributed by atoms with Crippen molar-refractivity contribution < 1.29 is 0 Å². The zero-order chi connectivity index (χ0) is 9.36. The molecule has 13 heavy (non-hydrogen) atoms. The second-order valence-corrected chi connectivity index (χ2v) is 4.00. The average molecular weight is 179 g/mol. The van der Waals surface area contributed by atoms with E-state index in [2.05, 4.69) is 11.2 Å². The fraction of sp³-hybridized carbons (Fsp3) is 0.833. The van der Waals surface area contributed by atoms with Crippen molar-refractivity contribution in [3.8, 4) is 12.3 Å². The zero-order valence-corrected chi connectivity index (χ0v) is 8.52. The van der Waals surface area contributed by atoms with Gasteiger partial charge < -0.3 is 5.32 Å². The smallest absolute Gasteiger partial charge is 0.0211 e. The molecule has 74 valence electrons. The summed E-state index contributed by atoms with van der Waals surface area (Å²) in [5.74, 6) is 3.67. The Bertz CT molecular complexity index is 151. The maximum atomic E-state index is 5.15. The van der Waals surface area contributed by atoms with E-state index < -0.39 is 0 Å². The SMILES string of the molecule is C#CCCNCCCC1CCCC1. The van der Waals surface area contributed by atoms with Crippen LogP contribution >= 0.6 is 0 Å². The molecule has 1 heteroatoms. The standard InChI is InChI=1S/C12H21N/c1-2-3-10-13-11-6-9-12-7-4-5-8-12/h1,12-13H,3-11H2. The van der Waals surface area contributed by atoms with Crippen molar-refractivity contribution in [2.24, 2.45) is 5.92 Å². The molecule has 1 saturated carbocycles. The van der Waals surface area contributed by atoms with Gasteiger partial charge in [-0.05, 0) is 25.3 Å². The van der Waals surface area contributed by atoms with Crippen molar-refractivity contribution in [2.75, 3.05) is 13.1 Å². The van der Waals surface area contributed by atoms with E-state index in [4.69, 9.17) is 6.42 Å². The first-order chi connectivity index (χ1) is 6.43. The van der Waals surface area contributed by atoms with Gasteiger partial charge in [0.2, 0.25) is 0 Å². The monoisotopic (exact) mass is 179 g/mol. The van der Waals surface area contributed by atoms with Crippen LogP contribution in [0.15, 0.2) is 0 Å². The molecule has 0 heterocycles. The van der Waals surface area contributed by atoms with Gasteiger partial charge in [0.1, 0.15) is 0 Å². The van der Waals surface area contributed by atoms with Crippen molar-refractivity contribution in [2.45, 2.75) is 44.9 Å². The van der Waals surface area contributed by atoms with Gasteiger partial charge in [-0.3, -0.25) is 0 Å². The highest BCUT2D eigenvalue weighted by atomic mass is 14.8. The van der Waals surface area contributed by atoms with Crippen LogP contribution in [0.4, 0.5) is 0 Å². The first-order valence-electron chi connectivity index (χ1n) is 5.57. The Hall–Kier alpha value is -0.480. The summed E-state index contributed by atoms with van der Waals surface area (Å²) in [4.78, 5) is 0. The van der Waals surface area contributed by atoms with E-state index in [9.17, 15) is 0 Å². The Kier molecular flexibility index (Phi) is 5.69. The molecule has 0 amide bonds. The highest BCUT2D eigenvalue weighted by Gasteiger charge is 2.13. The normalized spacial score (nSPS) is 17.5. The predicted octanol–water partition coefficient (Wildman–Crippen LogP) is 2.57. The highest BCUT2D eigenvalue weighted by Crippen LogP contribution is 2.28. The van der Waals surface area contributed by atoms with Crippen LogP contribution < -0.4 is 5.32 Å². The quantitative estimate of drug-likeness (QED) is 0.488. The van der Waals surface area contributed by atoms with E-state index in [0.29, 0.717) is 0 Å². The Morgan fingerprint density at radius 2 is 2.00 bits per heavy atom. The minimum absolute atomic E-state index is 0.865. The van der Waals surface area contributed by atoms with Crippen LogP contribution in [0.3, 0.4) is 0 Å². The van der Waals surface area contributed by atoms with Gasteiger partial charge in [-0.1, -0.05) is 25.7 Å². The molecule has 0 aromatic heterocycles. The third-order valence-corrected chi connectivity index (χ3v) is 2.89. The first-order valence-corrected chi connectivity index (χ1v) is 5.57. The number of hydrogen-bond donors (Lipinski definition) is 1. The van der Waals surface area contributed by atoms with Crippen LogP contribution in [-0.2, 0) is 0 Å². The molecule has 0 aromatic carbocycles. The molecule has 0 atom stereocenters. The Balaban J connectivity index is 1.81. The largest absolute Gasteiger partial charge is 0.316 e. The summed E-state index contributed by atoms with van der Waals surface area (Å²) < 4.78 is 0. The Labute approximate surface area is 82.3 Å². The van der Waals surface area contributed by atoms with Crippen molar-refractivity contribution in [1.82, 2.24) is 5.32 Å². The topological polar surface area (TPSA) is 12.0 Å². The number of terminal acetylenes is 1. The predicted molar refractivity (Wildman–Crippen MR) is 57.5 cm³/mol. The summed E-state index contributed by atoms with van der Waals surface area (Å²) in [5.41, 5.74) is 0. The third kappa shape index (κ3) is 4.95. The van der Waals surface area contributed by atoms with Gasteiger partial charge in [0.05, 0.1) is 0 Å². The van der Waals surface area contributed by atoms with E-state index >= 15 is 0 Å². The van der Waals surface area contributed by atoms with Crippen LogP contribution in [-0.4, -0.2) is 13.1 Å². The Morgan fingerprint density at radius 1 is 1.23 bits per heavy atom. The fourth-order valence-corrected chi connectivity index (χ4v) is 2.10. The summed E-state index contributed by atoms with van der Waals surface area (Å²) in [5, 5.41) is 3.37. The number of hydrogen-bond acceptors (Lipinski definition) is 1. The summed E-state index contributed by atoms with van der Waals surface area (Å²) in [6.45, 7) is 2.14. The summed E-state index contributed by atoms with van der Waals surface area (Å²) in [6, 6.07) is 0. The van der Waals surface area contributed by atoms with Crippen molar-refractivity contribution in [3.63, 3.8) is 0 Å². The summed E-state index contributed by atoms with van der Waals surface area (Å²) >= 11 is 0. The fourth-order valence-electron chi connectivity index (χ4n) is 2.10. The van der Waals surface area contributed by atoms with Gasteiger partial charge in [-0.15, -0.1) is 12.3 Å². The molecule has 0 bridgehead atoms. The second kappa shape index (κ2) is 6.97. The van der Waals surface area contributed by atoms with E-state index in [-0.39, 0.29) is 0 Å². The van der Waals surface area contributed by atoms with Gasteiger partial charge in [0.25, 0.3) is 0 Å². The summed E-state index contributed by atoms with van der Waals surface area (Å²) in [7, 11) is 0. The van der Waals surface area contributed by atoms with Crippen molar-refractivity contribution in [3.05, 3.63) is 0 Å². The van der Waals surface area contributed by atoms with E-state index in [1.807, 2.05) is 0 Å². The minimum Gasteiger partial charge on any atom is -0.316 e. The molecule has 1 nitrogen and oxygen atoms in total. The van der Waals surface area contributed by atoms with Crippen LogP contribution in [0.25, 0.3) is 0 Å². The van der Waals surface area contributed by atoms with E-state index in [0.717, 1.165) is 25.4 Å². The van der Waals surface area contributed by atoms with Crippen LogP contribution in [0, 0.1) is 18.3 Å². The lowest BCUT2D eigenvalue weighted by atomic mass is 10.0.